The standard InChI is InChI=1S/C12H5N3O2/c13-15-14-9-5-4-8-10-6(9)2-1-3-7(10)11(16)12(8)17/h1-5H. The zero-order valence-electron chi connectivity index (χ0n) is 8.54. The van der Waals surface area contributed by atoms with Crippen LogP contribution in [0.2, 0.25) is 0 Å². The van der Waals surface area contributed by atoms with E-state index in [2.05, 4.69) is 10.0 Å². The second kappa shape index (κ2) is 3.17. The molecule has 0 saturated heterocycles. The molecule has 0 unspecified atom stereocenters. The first-order valence-electron chi connectivity index (χ1n) is 4.94. The molecule has 5 nitrogen and oxygen atoms in total. The summed E-state index contributed by atoms with van der Waals surface area (Å²) in [6, 6.07) is 8.10. The summed E-state index contributed by atoms with van der Waals surface area (Å²) in [5.74, 6) is -0.993. The molecule has 5 heteroatoms. The average Bonchev–Trinajstić information content (AvgIpc) is 2.60. The van der Waals surface area contributed by atoms with E-state index in [0.717, 1.165) is 0 Å². The molecule has 0 atom stereocenters. The number of rotatable bonds is 1. The first-order valence-corrected chi connectivity index (χ1v) is 4.94. The molecule has 0 spiro atoms. The van der Waals surface area contributed by atoms with Crippen LogP contribution in [0.5, 0.6) is 0 Å². The van der Waals surface area contributed by atoms with E-state index in [-0.39, 0.29) is 0 Å². The number of benzene rings is 2. The second-order valence-electron chi connectivity index (χ2n) is 3.71. The molecule has 0 fully saturated rings. The minimum atomic E-state index is -0.497. The third-order valence-electron chi connectivity index (χ3n) is 2.87. The fourth-order valence-corrected chi connectivity index (χ4v) is 2.15. The molecule has 2 aromatic rings. The van der Waals surface area contributed by atoms with Crippen molar-refractivity contribution >= 4 is 28.0 Å². The molecular weight excluding hydrogens is 218 g/mol. The van der Waals surface area contributed by atoms with Gasteiger partial charge in [0.2, 0.25) is 11.6 Å². The molecule has 17 heavy (non-hydrogen) atoms. The van der Waals surface area contributed by atoms with E-state index in [1.807, 2.05) is 0 Å². The first kappa shape index (κ1) is 9.57. The lowest BCUT2D eigenvalue weighted by Crippen LogP contribution is -2.05. The number of hydrogen-bond acceptors (Lipinski definition) is 3. The van der Waals surface area contributed by atoms with Gasteiger partial charge in [-0.1, -0.05) is 29.4 Å². The van der Waals surface area contributed by atoms with Crippen LogP contribution in [-0.2, 0) is 0 Å². The monoisotopic (exact) mass is 223 g/mol. The highest BCUT2D eigenvalue weighted by molar-refractivity contribution is 6.57. The predicted molar refractivity (Wildman–Crippen MR) is 61.4 cm³/mol. The lowest BCUT2D eigenvalue weighted by Gasteiger charge is -2.02. The third kappa shape index (κ3) is 1.11. The molecule has 0 aromatic heterocycles. The minimum Gasteiger partial charge on any atom is -0.285 e. The van der Waals surface area contributed by atoms with Gasteiger partial charge in [0.05, 0.1) is 0 Å². The van der Waals surface area contributed by atoms with Crippen molar-refractivity contribution in [3.05, 3.63) is 51.9 Å². The number of carbonyl (C=O) groups excluding carboxylic acids is 2. The van der Waals surface area contributed by atoms with Gasteiger partial charge in [-0.15, -0.1) is 0 Å². The molecule has 0 radical (unpaired) electrons. The number of Topliss-reactive ketones (excluding diaryl/α,β-unsaturated/α-hetero) is 2. The summed E-state index contributed by atoms with van der Waals surface area (Å²) in [5.41, 5.74) is 9.66. The Balaban J connectivity index is 2.54. The number of carbonyl (C=O) groups is 2. The van der Waals surface area contributed by atoms with Crippen molar-refractivity contribution in [2.75, 3.05) is 0 Å². The quantitative estimate of drug-likeness (QED) is 0.322. The molecule has 0 bridgehead atoms. The lowest BCUT2D eigenvalue weighted by atomic mass is 10.0. The van der Waals surface area contributed by atoms with Crippen LogP contribution in [0, 0.1) is 0 Å². The second-order valence-corrected chi connectivity index (χ2v) is 3.71. The molecule has 0 aliphatic heterocycles. The van der Waals surface area contributed by atoms with Crippen LogP contribution in [0.1, 0.15) is 20.7 Å². The Labute approximate surface area is 95.3 Å². The van der Waals surface area contributed by atoms with Crippen LogP contribution in [-0.4, -0.2) is 11.6 Å². The van der Waals surface area contributed by atoms with Crippen molar-refractivity contribution in [1.29, 1.82) is 0 Å². The van der Waals surface area contributed by atoms with Gasteiger partial charge < -0.3 is 0 Å². The lowest BCUT2D eigenvalue weighted by molar-refractivity contribution is 0.0825. The van der Waals surface area contributed by atoms with Gasteiger partial charge in [0.25, 0.3) is 0 Å². The molecule has 3 rings (SSSR count). The van der Waals surface area contributed by atoms with Crippen LogP contribution < -0.4 is 0 Å². The Morgan fingerprint density at radius 2 is 1.71 bits per heavy atom. The molecular formula is C12H5N3O2. The van der Waals surface area contributed by atoms with Crippen molar-refractivity contribution < 1.29 is 9.59 Å². The zero-order chi connectivity index (χ0) is 12.0. The van der Waals surface area contributed by atoms with E-state index in [4.69, 9.17) is 5.53 Å². The highest BCUT2D eigenvalue weighted by atomic mass is 16.2. The third-order valence-corrected chi connectivity index (χ3v) is 2.87. The summed E-state index contributed by atoms with van der Waals surface area (Å²) in [6.45, 7) is 0. The Morgan fingerprint density at radius 1 is 1.00 bits per heavy atom. The zero-order valence-corrected chi connectivity index (χ0v) is 8.54. The van der Waals surface area contributed by atoms with Gasteiger partial charge in [-0.25, -0.2) is 0 Å². The summed E-state index contributed by atoms with van der Waals surface area (Å²) >= 11 is 0. The minimum absolute atomic E-state index is 0.387. The Kier molecular flexibility index (Phi) is 1.78. The van der Waals surface area contributed by atoms with Crippen LogP contribution in [0.25, 0.3) is 21.2 Å². The maximum Gasteiger partial charge on any atom is 0.234 e. The Hall–Kier alpha value is -2.65. The number of nitrogens with zero attached hydrogens (tertiary/aromatic N) is 3. The van der Waals surface area contributed by atoms with Gasteiger partial charge in [0.15, 0.2) is 0 Å². The maximum atomic E-state index is 11.7. The van der Waals surface area contributed by atoms with Gasteiger partial charge in [0.1, 0.15) is 0 Å². The maximum absolute atomic E-state index is 11.7. The fraction of sp³-hybridized carbons (Fsp3) is 0. The first-order chi connectivity index (χ1) is 8.24. The van der Waals surface area contributed by atoms with Gasteiger partial charge in [-0.05, 0) is 17.0 Å². The van der Waals surface area contributed by atoms with E-state index in [1.54, 1.807) is 24.3 Å². The summed E-state index contributed by atoms with van der Waals surface area (Å²) < 4.78 is 0. The molecule has 2 aromatic carbocycles. The van der Waals surface area contributed by atoms with E-state index < -0.39 is 11.6 Å². The van der Waals surface area contributed by atoms with Gasteiger partial charge >= 0.3 is 0 Å². The van der Waals surface area contributed by atoms with Crippen LogP contribution in [0.15, 0.2) is 35.4 Å². The number of hydrogen-bond donors (Lipinski definition) is 0. The predicted octanol–water partition coefficient (Wildman–Crippen LogP) is 3.16. The van der Waals surface area contributed by atoms with Crippen molar-refractivity contribution in [1.82, 2.24) is 0 Å². The highest BCUT2D eigenvalue weighted by Crippen LogP contribution is 2.36. The van der Waals surface area contributed by atoms with Crippen molar-refractivity contribution in [2.24, 2.45) is 5.11 Å². The molecule has 1 aliphatic rings. The number of ketones is 2. The molecule has 80 valence electrons. The topological polar surface area (TPSA) is 82.9 Å². The van der Waals surface area contributed by atoms with E-state index >= 15 is 0 Å². The molecule has 0 saturated carbocycles. The van der Waals surface area contributed by atoms with Gasteiger partial charge in [0, 0.05) is 27.1 Å². The SMILES string of the molecule is [N-]=[N+]=Nc1ccc2c3c(cccc13)C(=O)C2=O. The van der Waals surface area contributed by atoms with E-state index in [1.165, 1.54) is 6.07 Å². The fourth-order valence-electron chi connectivity index (χ4n) is 2.15. The molecule has 1 aliphatic carbocycles. The van der Waals surface area contributed by atoms with E-state index in [9.17, 15) is 9.59 Å². The summed E-state index contributed by atoms with van der Waals surface area (Å²) in [4.78, 5) is 26.1. The largest absolute Gasteiger partial charge is 0.285 e. The highest BCUT2D eigenvalue weighted by Gasteiger charge is 2.30. The van der Waals surface area contributed by atoms with Crippen molar-refractivity contribution in [2.45, 2.75) is 0 Å². The normalized spacial score (nSPS) is 12.9. The molecule has 0 amide bonds. The summed E-state index contributed by atoms with van der Waals surface area (Å²) in [7, 11) is 0. The Bertz CT molecular complexity index is 722. The van der Waals surface area contributed by atoms with Crippen molar-refractivity contribution in [3.8, 4) is 0 Å². The van der Waals surface area contributed by atoms with Gasteiger partial charge in [-0.3, -0.25) is 9.59 Å². The number of azide groups is 1. The Morgan fingerprint density at radius 3 is 2.41 bits per heavy atom. The summed E-state index contributed by atoms with van der Waals surface area (Å²) in [6.07, 6.45) is 0. The smallest absolute Gasteiger partial charge is 0.234 e. The molecule has 0 heterocycles. The van der Waals surface area contributed by atoms with Crippen LogP contribution >= 0.6 is 0 Å². The summed E-state index contributed by atoms with van der Waals surface area (Å²) in [5, 5.41) is 4.78. The van der Waals surface area contributed by atoms with Crippen LogP contribution in [0.3, 0.4) is 0 Å². The average molecular weight is 223 g/mol. The van der Waals surface area contributed by atoms with Crippen molar-refractivity contribution in [3.63, 3.8) is 0 Å². The van der Waals surface area contributed by atoms with E-state index in [0.29, 0.717) is 27.6 Å². The van der Waals surface area contributed by atoms with Crippen LogP contribution in [0.4, 0.5) is 5.69 Å². The van der Waals surface area contributed by atoms with Gasteiger partial charge in [-0.2, -0.15) is 0 Å². The molecule has 0 N–H and O–H groups in total.